The molecule has 60 valence electrons. The predicted octanol–water partition coefficient (Wildman–Crippen LogP) is 1.63. The molecule has 0 rings (SSSR count). The van der Waals surface area contributed by atoms with E-state index in [1.807, 2.05) is 27.7 Å². The van der Waals surface area contributed by atoms with Crippen LogP contribution in [0.25, 0.3) is 0 Å². The van der Waals surface area contributed by atoms with Crippen molar-refractivity contribution in [3.8, 4) is 0 Å². The van der Waals surface area contributed by atoms with Crippen LogP contribution in [0.2, 0.25) is 0 Å². The van der Waals surface area contributed by atoms with Gasteiger partial charge in [-0.05, 0) is 0 Å². The molecule has 0 aromatic rings. The van der Waals surface area contributed by atoms with Gasteiger partial charge in [-0.15, -0.1) is 0 Å². The average molecular weight is 182 g/mol. The predicted molar refractivity (Wildman–Crippen MR) is 33.1 cm³/mol. The van der Waals surface area contributed by atoms with Gasteiger partial charge in [-0.25, -0.2) is 0 Å². The Morgan fingerprint density at radius 1 is 1.00 bits per heavy atom. The van der Waals surface area contributed by atoms with E-state index in [1.54, 1.807) is 0 Å². The zero-order chi connectivity index (χ0) is 8.15. The monoisotopic (exact) mass is 182 g/mol. The second kappa shape index (κ2) is 5.13. The van der Waals surface area contributed by atoms with Gasteiger partial charge in [-0.1, -0.05) is 0 Å². The number of hydrogen-bond acceptors (Lipinski definition) is 3. The summed E-state index contributed by atoms with van der Waals surface area (Å²) >= 11 is -2.81. The van der Waals surface area contributed by atoms with E-state index in [0.717, 1.165) is 0 Å². The van der Waals surface area contributed by atoms with Crippen LogP contribution in [0.5, 0.6) is 0 Å². The molecule has 0 aromatic heterocycles. The molecule has 0 aliphatic rings. The summed E-state index contributed by atoms with van der Waals surface area (Å²) in [6.07, 6.45) is 0.0116. The fourth-order valence-corrected chi connectivity index (χ4v) is 1.70. The fourth-order valence-electron chi connectivity index (χ4n) is 0.413. The second-order valence-corrected chi connectivity index (χ2v) is 4.10. The summed E-state index contributed by atoms with van der Waals surface area (Å²) in [7, 11) is 0. The van der Waals surface area contributed by atoms with Gasteiger partial charge in [0.05, 0.1) is 0 Å². The molecule has 0 aliphatic heterocycles. The summed E-state index contributed by atoms with van der Waals surface area (Å²) in [6, 6.07) is 0. The van der Waals surface area contributed by atoms with Gasteiger partial charge in [-0.2, -0.15) is 0 Å². The Labute approximate surface area is 68.8 Å². The molecule has 0 saturated heterocycles. The van der Waals surface area contributed by atoms with Crippen LogP contribution >= 0.6 is 0 Å². The average Bonchev–Trinajstić information content (AvgIpc) is 1.58. The molecule has 0 saturated carbocycles. The van der Waals surface area contributed by atoms with Crippen molar-refractivity contribution in [3.63, 3.8) is 0 Å². The van der Waals surface area contributed by atoms with Gasteiger partial charge in [0, 0.05) is 0 Å². The first-order valence-corrected chi connectivity index (χ1v) is 5.31. The summed E-state index contributed by atoms with van der Waals surface area (Å²) in [6.45, 7) is 7.37. The quantitative estimate of drug-likeness (QED) is 0.619. The van der Waals surface area contributed by atoms with Crippen LogP contribution in [-0.2, 0) is 28.6 Å². The summed E-state index contributed by atoms with van der Waals surface area (Å²) in [5, 5.41) is 0. The van der Waals surface area contributed by atoms with E-state index >= 15 is 0 Å². The fraction of sp³-hybridized carbons (Fsp3) is 1.00. The third-order valence-electron chi connectivity index (χ3n) is 0.664. The molecule has 0 fully saturated rings. The molecule has 0 heterocycles. The molecule has 0 aromatic carbocycles. The van der Waals surface area contributed by atoms with Gasteiger partial charge in [0.25, 0.3) is 0 Å². The van der Waals surface area contributed by atoms with E-state index in [4.69, 9.17) is 6.64 Å². The molecular weight excluding hydrogens is 168 g/mol. The van der Waals surface area contributed by atoms with E-state index in [-0.39, 0.29) is 12.2 Å². The Morgan fingerprint density at radius 3 is 1.50 bits per heavy atom. The van der Waals surface area contributed by atoms with E-state index in [2.05, 4.69) is 0 Å². The van der Waals surface area contributed by atoms with Crippen LogP contribution in [0.15, 0.2) is 0 Å². The molecule has 10 heavy (non-hydrogen) atoms. The van der Waals surface area contributed by atoms with Crippen molar-refractivity contribution in [1.82, 2.24) is 0 Å². The SMILES string of the molecule is CC(C)[O][Ti](=[O])[O]C(C)C. The van der Waals surface area contributed by atoms with E-state index in [0.29, 0.717) is 0 Å². The van der Waals surface area contributed by atoms with Crippen LogP contribution in [0.3, 0.4) is 0 Å². The third kappa shape index (κ3) is 6.55. The van der Waals surface area contributed by atoms with Crippen molar-refractivity contribution in [2.24, 2.45) is 0 Å². The zero-order valence-electron chi connectivity index (χ0n) is 6.88. The standard InChI is InChI=1S/2C3H7O.O.Ti/c2*1-3(2)4;;/h2*3H,1-2H3;;/q2*-1;;+2. The van der Waals surface area contributed by atoms with Gasteiger partial charge in [-0.3, -0.25) is 0 Å². The molecule has 0 radical (unpaired) electrons. The van der Waals surface area contributed by atoms with Crippen LogP contribution in [0, 0.1) is 0 Å². The van der Waals surface area contributed by atoms with E-state index in [9.17, 15) is 3.32 Å². The van der Waals surface area contributed by atoms with Crippen molar-refractivity contribution < 1.29 is 28.6 Å². The van der Waals surface area contributed by atoms with Crippen LogP contribution in [0.1, 0.15) is 27.7 Å². The minimum absolute atomic E-state index is 0.00579. The van der Waals surface area contributed by atoms with Gasteiger partial charge >= 0.3 is 68.5 Å². The third-order valence-corrected chi connectivity index (χ3v) is 2.74. The van der Waals surface area contributed by atoms with Gasteiger partial charge in [0.15, 0.2) is 0 Å². The molecule has 0 aliphatic carbocycles. The van der Waals surface area contributed by atoms with Crippen molar-refractivity contribution >= 4 is 0 Å². The summed E-state index contributed by atoms with van der Waals surface area (Å²) < 4.78 is 20.8. The Morgan fingerprint density at radius 2 is 1.30 bits per heavy atom. The van der Waals surface area contributed by atoms with Crippen molar-refractivity contribution in [2.75, 3.05) is 0 Å². The number of rotatable bonds is 4. The first-order valence-electron chi connectivity index (χ1n) is 3.39. The van der Waals surface area contributed by atoms with Crippen molar-refractivity contribution in [2.45, 2.75) is 39.9 Å². The Kier molecular flexibility index (Phi) is 5.36. The van der Waals surface area contributed by atoms with Crippen molar-refractivity contribution in [1.29, 1.82) is 0 Å². The van der Waals surface area contributed by atoms with Crippen molar-refractivity contribution in [3.05, 3.63) is 0 Å². The second-order valence-electron chi connectivity index (χ2n) is 2.58. The molecular formula is C6H14O3Ti. The topological polar surface area (TPSA) is 35.5 Å². The first-order chi connectivity index (χ1) is 4.52. The molecule has 0 atom stereocenters. The normalized spacial score (nSPS) is 11.0. The van der Waals surface area contributed by atoms with Gasteiger partial charge in [0.1, 0.15) is 0 Å². The zero-order valence-corrected chi connectivity index (χ0v) is 8.44. The van der Waals surface area contributed by atoms with Crippen LogP contribution < -0.4 is 0 Å². The Hall–Kier alpha value is 0.434. The van der Waals surface area contributed by atoms with Gasteiger partial charge < -0.3 is 0 Å². The van der Waals surface area contributed by atoms with Crippen LogP contribution in [0.4, 0.5) is 0 Å². The molecule has 0 N–H and O–H groups in total. The minimum atomic E-state index is -2.81. The Bertz CT molecular complexity index is 99.6. The Balaban J connectivity index is 3.44. The molecule has 0 amide bonds. The first kappa shape index (κ1) is 10.4. The van der Waals surface area contributed by atoms with E-state index < -0.39 is 18.6 Å². The molecule has 4 heteroatoms. The summed E-state index contributed by atoms with van der Waals surface area (Å²) in [4.78, 5) is 0. The maximum absolute atomic E-state index is 10.9. The molecule has 3 nitrogen and oxygen atoms in total. The van der Waals surface area contributed by atoms with E-state index in [1.165, 1.54) is 0 Å². The van der Waals surface area contributed by atoms with Gasteiger partial charge in [0.2, 0.25) is 0 Å². The molecule has 0 bridgehead atoms. The van der Waals surface area contributed by atoms with Crippen LogP contribution in [-0.4, -0.2) is 12.2 Å². The maximum atomic E-state index is 10.9. The summed E-state index contributed by atoms with van der Waals surface area (Å²) in [5.41, 5.74) is 0. The molecule has 0 unspecified atom stereocenters. The summed E-state index contributed by atoms with van der Waals surface area (Å²) in [5.74, 6) is 0. The molecule has 0 spiro atoms. The number of hydrogen-bond donors (Lipinski definition) is 0.